The molecule has 0 aliphatic heterocycles. The van der Waals surface area contributed by atoms with Crippen LogP contribution in [0, 0.1) is 0 Å². The molecule has 10 nitrogen and oxygen atoms in total. The van der Waals surface area contributed by atoms with Gasteiger partial charge in [0.05, 0.1) is 6.61 Å². The van der Waals surface area contributed by atoms with Crippen LogP contribution in [0.25, 0.3) is 22.5 Å². The Morgan fingerprint density at radius 1 is 0.741 bits per heavy atom. The second-order valence-electron chi connectivity index (χ2n) is 14.1. The van der Waals surface area contributed by atoms with Crippen molar-refractivity contribution in [3.8, 4) is 28.3 Å². The number of aromatic nitrogens is 2. The van der Waals surface area contributed by atoms with Crippen LogP contribution in [0.5, 0.6) is 5.75 Å². The van der Waals surface area contributed by atoms with Gasteiger partial charge in [0.1, 0.15) is 5.75 Å². The fraction of sp³-hybridized carbons (Fsp3) is 0.432. The Bertz CT molecular complexity index is 1650. The summed E-state index contributed by atoms with van der Waals surface area (Å²) in [5, 5.41) is 10.8. The number of benzene rings is 3. The lowest BCUT2D eigenvalue weighted by atomic mass is 9.87. The van der Waals surface area contributed by atoms with Crippen molar-refractivity contribution in [1.29, 1.82) is 0 Å². The van der Waals surface area contributed by atoms with Gasteiger partial charge in [-0.25, -0.2) is 9.97 Å². The number of rotatable bonds is 18. The summed E-state index contributed by atoms with van der Waals surface area (Å²) in [5.41, 5.74) is 16.3. The van der Waals surface area contributed by atoms with Crippen molar-refractivity contribution in [1.82, 2.24) is 15.3 Å². The molecule has 0 aliphatic rings. The van der Waals surface area contributed by atoms with Crippen LogP contribution in [0.4, 0.5) is 0 Å². The molecule has 4 rings (SSSR count). The number of nitrogens with zero attached hydrogens (tertiary/aromatic N) is 2. The minimum absolute atomic E-state index is 0.0509. The fourth-order valence-electron chi connectivity index (χ4n) is 5.20. The first-order chi connectivity index (χ1) is 25.9. The van der Waals surface area contributed by atoms with E-state index in [0.717, 1.165) is 66.7 Å². The number of unbranched alkanes of at least 4 members (excludes halogenated alkanes) is 6. The number of aliphatic carboxylic acids is 1. The second-order valence-corrected chi connectivity index (χ2v) is 14.1. The van der Waals surface area contributed by atoms with E-state index in [1.54, 1.807) is 19.2 Å². The van der Waals surface area contributed by atoms with Gasteiger partial charge in [-0.05, 0) is 78.6 Å². The summed E-state index contributed by atoms with van der Waals surface area (Å²) in [5.74, 6) is 0.551. The molecule has 0 radical (unpaired) electrons. The van der Waals surface area contributed by atoms with Gasteiger partial charge in [-0.15, -0.1) is 0 Å². The van der Waals surface area contributed by atoms with Gasteiger partial charge in [0.15, 0.2) is 5.82 Å². The molecule has 1 aromatic heterocycles. The van der Waals surface area contributed by atoms with E-state index in [4.69, 9.17) is 21.3 Å². The van der Waals surface area contributed by atoms with Crippen LogP contribution in [0.15, 0.2) is 85.2 Å². The highest BCUT2D eigenvalue weighted by atomic mass is 16.5. The number of amides is 2. The maximum absolute atomic E-state index is 11.4. The molecule has 4 aromatic rings. The summed E-state index contributed by atoms with van der Waals surface area (Å²) < 4.78 is 5.85. The molecule has 2 amide bonds. The lowest BCUT2D eigenvalue weighted by Crippen LogP contribution is -2.17. The lowest BCUT2D eigenvalue weighted by molar-refractivity contribution is -0.137. The lowest BCUT2D eigenvalue weighted by Gasteiger charge is -2.18. The number of carbonyl (C=O) groups is 3. The van der Waals surface area contributed by atoms with Gasteiger partial charge in [0.25, 0.3) is 0 Å². The number of ether oxygens (including phenoxy) is 1. The summed E-state index contributed by atoms with van der Waals surface area (Å²) in [6.07, 6.45) is 14.0. The van der Waals surface area contributed by atoms with Crippen molar-refractivity contribution in [2.24, 2.45) is 11.5 Å². The SMILES string of the molecule is CC(C)(C)c1ccc(C(N)=O)cc1.CCCCCCCOc1ccc(-c2cnc(-c3ccc(CCC(=O)NC)cc3)nc2)cc1.NCCCCCC(=O)O. The predicted octanol–water partition coefficient (Wildman–Crippen LogP) is 8.51. The first-order valence-electron chi connectivity index (χ1n) is 19.0. The summed E-state index contributed by atoms with van der Waals surface area (Å²) in [7, 11) is 1.66. The number of nitrogens with one attached hydrogen (secondary N) is 1. The minimum Gasteiger partial charge on any atom is -0.494 e. The molecule has 0 spiro atoms. The molecule has 6 N–H and O–H groups in total. The van der Waals surface area contributed by atoms with Crippen LogP contribution in [0.3, 0.4) is 0 Å². The number of hydrogen-bond acceptors (Lipinski definition) is 7. The van der Waals surface area contributed by atoms with Crippen molar-refractivity contribution in [3.63, 3.8) is 0 Å². The Morgan fingerprint density at radius 3 is 1.87 bits per heavy atom. The van der Waals surface area contributed by atoms with Crippen molar-refractivity contribution >= 4 is 17.8 Å². The highest BCUT2D eigenvalue weighted by Crippen LogP contribution is 2.24. The quantitative estimate of drug-likeness (QED) is 0.0736. The van der Waals surface area contributed by atoms with E-state index in [0.29, 0.717) is 24.4 Å². The number of nitrogens with two attached hydrogens (primary N) is 2. The average Bonchev–Trinajstić information content (AvgIpc) is 3.17. The van der Waals surface area contributed by atoms with Crippen LogP contribution in [0.1, 0.15) is 113 Å². The van der Waals surface area contributed by atoms with E-state index < -0.39 is 5.97 Å². The van der Waals surface area contributed by atoms with Crippen molar-refractivity contribution < 1.29 is 24.2 Å². The van der Waals surface area contributed by atoms with Gasteiger partial charge in [-0.2, -0.15) is 0 Å². The molecule has 0 aliphatic carbocycles. The first-order valence-corrected chi connectivity index (χ1v) is 19.0. The Hall–Kier alpha value is -5.09. The predicted molar refractivity (Wildman–Crippen MR) is 218 cm³/mol. The number of hydrogen-bond donors (Lipinski definition) is 4. The third-order valence-corrected chi connectivity index (χ3v) is 8.62. The van der Waals surface area contributed by atoms with Gasteiger partial charge < -0.3 is 26.6 Å². The molecule has 0 atom stereocenters. The fourth-order valence-corrected chi connectivity index (χ4v) is 5.20. The maximum atomic E-state index is 11.4. The largest absolute Gasteiger partial charge is 0.494 e. The summed E-state index contributed by atoms with van der Waals surface area (Å²) in [4.78, 5) is 41.2. The topological polar surface area (TPSA) is 171 Å². The molecule has 54 heavy (non-hydrogen) atoms. The Kier molecular flexibility index (Phi) is 20.9. The van der Waals surface area contributed by atoms with Crippen LogP contribution < -0.4 is 21.5 Å². The molecule has 0 fully saturated rings. The molecule has 0 saturated heterocycles. The van der Waals surface area contributed by atoms with Crippen molar-refractivity contribution in [3.05, 3.63) is 102 Å². The highest BCUT2D eigenvalue weighted by molar-refractivity contribution is 5.92. The molecule has 292 valence electrons. The van der Waals surface area contributed by atoms with E-state index in [-0.39, 0.29) is 23.7 Å². The summed E-state index contributed by atoms with van der Waals surface area (Å²) >= 11 is 0. The van der Waals surface area contributed by atoms with E-state index in [2.05, 4.69) is 43.0 Å². The second kappa shape index (κ2) is 25.0. The zero-order chi connectivity index (χ0) is 39.8. The molecular formula is C44H61N5O5. The summed E-state index contributed by atoms with van der Waals surface area (Å²) in [6.45, 7) is 10.1. The standard InChI is InChI=1S/C27H33N3O2.C11H15NO.C6H13NO2/c1-3-4-5-6-7-18-32-25-15-13-22(14-16-25)24-19-29-27(30-20-24)23-11-8-21(9-12-23)10-17-26(31)28-2;1-11(2,3)9-6-4-8(5-7-9)10(12)13;7-5-3-1-2-4-6(8)9/h8-9,11-16,19-20H,3-7,10,17-18H2,1-2H3,(H,28,31);4-7H,1-3H3,(H2,12,13);1-5,7H2,(H,8,9). The van der Waals surface area contributed by atoms with E-state index >= 15 is 0 Å². The smallest absolute Gasteiger partial charge is 0.303 e. The number of aryl methyl sites for hydroxylation is 1. The van der Waals surface area contributed by atoms with E-state index in [1.807, 2.05) is 73.1 Å². The van der Waals surface area contributed by atoms with E-state index in [9.17, 15) is 14.4 Å². The molecule has 3 aromatic carbocycles. The van der Waals surface area contributed by atoms with Gasteiger partial charge in [0.2, 0.25) is 11.8 Å². The minimum atomic E-state index is -0.716. The molecule has 0 unspecified atom stereocenters. The third-order valence-electron chi connectivity index (χ3n) is 8.62. The highest BCUT2D eigenvalue weighted by Gasteiger charge is 2.13. The number of carbonyl (C=O) groups excluding carboxylic acids is 2. The molecule has 1 heterocycles. The number of primary amides is 1. The zero-order valence-corrected chi connectivity index (χ0v) is 32.9. The van der Waals surface area contributed by atoms with Crippen LogP contribution in [0.2, 0.25) is 0 Å². The Balaban J connectivity index is 0.000000374. The van der Waals surface area contributed by atoms with Gasteiger partial charge in [0, 0.05) is 49.0 Å². The number of carboxylic acids is 1. The molecular weight excluding hydrogens is 679 g/mol. The Morgan fingerprint density at radius 2 is 1.33 bits per heavy atom. The van der Waals surface area contributed by atoms with Gasteiger partial charge in [-0.3, -0.25) is 14.4 Å². The normalized spacial score (nSPS) is 10.6. The van der Waals surface area contributed by atoms with Crippen LogP contribution in [-0.4, -0.2) is 53.1 Å². The first kappa shape index (κ1) is 45.1. The van der Waals surface area contributed by atoms with Gasteiger partial charge >= 0.3 is 5.97 Å². The van der Waals surface area contributed by atoms with Gasteiger partial charge in [-0.1, -0.05) is 108 Å². The van der Waals surface area contributed by atoms with Crippen LogP contribution >= 0.6 is 0 Å². The Labute approximate surface area is 322 Å². The van der Waals surface area contributed by atoms with Crippen molar-refractivity contribution in [2.75, 3.05) is 20.2 Å². The van der Waals surface area contributed by atoms with Crippen molar-refractivity contribution in [2.45, 2.75) is 104 Å². The molecule has 0 bridgehead atoms. The molecule has 0 saturated carbocycles. The van der Waals surface area contributed by atoms with E-state index in [1.165, 1.54) is 31.2 Å². The number of carboxylic acid groups (broad SMARTS) is 1. The van der Waals surface area contributed by atoms with Crippen LogP contribution in [-0.2, 0) is 21.4 Å². The zero-order valence-electron chi connectivity index (χ0n) is 32.9. The molecule has 10 heteroatoms. The third kappa shape index (κ3) is 18.1. The monoisotopic (exact) mass is 739 g/mol. The summed E-state index contributed by atoms with van der Waals surface area (Å²) in [6, 6.07) is 23.6. The average molecular weight is 740 g/mol. The maximum Gasteiger partial charge on any atom is 0.303 e.